The van der Waals surface area contributed by atoms with Crippen LogP contribution in [0.25, 0.3) is 0 Å². The van der Waals surface area contributed by atoms with Gasteiger partial charge in [0.1, 0.15) is 17.5 Å². The van der Waals surface area contributed by atoms with Gasteiger partial charge in [-0.05, 0) is 30.4 Å². The predicted octanol–water partition coefficient (Wildman–Crippen LogP) is 3.90. The molecule has 3 N–H and O–H groups in total. The molecule has 0 aromatic carbocycles. The van der Waals surface area contributed by atoms with E-state index in [4.69, 9.17) is 5.73 Å². The second kappa shape index (κ2) is 6.02. The summed E-state index contributed by atoms with van der Waals surface area (Å²) < 4.78 is 0. The summed E-state index contributed by atoms with van der Waals surface area (Å²) in [5.41, 5.74) is 8.23. The molecule has 0 unspecified atom stereocenters. The Kier molecular flexibility index (Phi) is 4.52. The Morgan fingerprint density at radius 2 is 2.00 bits per heavy atom. The van der Waals surface area contributed by atoms with Crippen molar-refractivity contribution in [3.05, 3.63) is 33.3 Å². The number of rotatable bonds is 4. The molecule has 0 radical (unpaired) electrons. The molecule has 5 heteroatoms. The summed E-state index contributed by atoms with van der Waals surface area (Å²) in [7, 11) is 0. The first-order chi connectivity index (χ1) is 9.82. The smallest absolute Gasteiger partial charge is 0.138 e. The molecule has 2 aromatic heterocycles. The van der Waals surface area contributed by atoms with Gasteiger partial charge in [0.25, 0.3) is 0 Å². The summed E-state index contributed by atoms with van der Waals surface area (Å²) in [5.74, 6) is 2.16. The summed E-state index contributed by atoms with van der Waals surface area (Å²) in [5, 5.41) is 5.56. The van der Waals surface area contributed by atoms with Crippen LogP contribution in [0.3, 0.4) is 0 Å². The van der Waals surface area contributed by atoms with Gasteiger partial charge in [0, 0.05) is 15.9 Å². The molecule has 21 heavy (non-hydrogen) atoms. The van der Waals surface area contributed by atoms with Crippen molar-refractivity contribution < 1.29 is 0 Å². The average Bonchev–Trinajstić information content (AvgIpc) is 2.86. The topological polar surface area (TPSA) is 63.8 Å². The Labute approximate surface area is 130 Å². The zero-order chi connectivity index (χ0) is 15.6. The number of thiophene rings is 1. The number of aryl methyl sites for hydroxylation is 1. The molecule has 2 aromatic rings. The van der Waals surface area contributed by atoms with Crippen LogP contribution in [0.15, 0.2) is 11.4 Å². The number of aromatic nitrogens is 2. The quantitative estimate of drug-likeness (QED) is 0.899. The molecule has 0 aliphatic rings. The van der Waals surface area contributed by atoms with E-state index in [0.29, 0.717) is 5.82 Å². The molecule has 0 aliphatic carbocycles. The largest absolute Gasteiger partial charge is 0.383 e. The van der Waals surface area contributed by atoms with Crippen molar-refractivity contribution in [3.63, 3.8) is 0 Å². The molecule has 2 rings (SSSR count). The summed E-state index contributed by atoms with van der Waals surface area (Å²) in [6.07, 6.45) is 1.05. The van der Waals surface area contributed by atoms with Gasteiger partial charge >= 0.3 is 0 Å². The third-order valence-corrected chi connectivity index (χ3v) is 4.45. The molecule has 2 heterocycles. The second-order valence-corrected chi connectivity index (χ2v) is 7.23. The first-order valence-electron chi connectivity index (χ1n) is 7.26. The number of nitrogens with zero attached hydrogens (tertiary/aromatic N) is 2. The SMILES string of the molecule is CCc1ccsc1CNc1nc(C(C)(C)C)nc(N)c1C. The monoisotopic (exact) mass is 304 g/mol. The van der Waals surface area contributed by atoms with E-state index in [1.807, 2.05) is 6.92 Å². The van der Waals surface area contributed by atoms with E-state index in [-0.39, 0.29) is 5.41 Å². The predicted molar refractivity (Wildman–Crippen MR) is 90.9 cm³/mol. The van der Waals surface area contributed by atoms with E-state index >= 15 is 0 Å². The Morgan fingerprint density at radius 1 is 1.29 bits per heavy atom. The Balaban J connectivity index is 2.25. The molecular weight excluding hydrogens is 280 g/mol. The third kappa shape index (κ3) is 3.53. The highest BCUT2D eigenvalue weighted by atomic mass is 32.1. The fourth-order valence-corrected chi connectivity index (χ4v) is 2.96. The maximum absolute atomic E-state index is 6.03. The Bertz CT molecular complexity index is 626. The van der Waals surface area contributed by atoms with E-state index in [1.54, 1.807) is 11.3 Å². The van der Waals surface area contributed by atoms with Crippen LogP contribution in [-0.4, -0.2) is 9.97 Å². The highest BCUT2D eigenvalue weighted by Gasteiger charge is 2.20. The first kappa shape index (κ1) is 15.8. The average molecular weight is 304 g/mol. The lowest BCUT2D eigenvalue weighted by Gasteiger charge is -2.19. The van der Waals surface area contributed by atoms with Crippen molar-refractivity contribution >= 4 is 23.0 Å². The zero-order valence-electron chi connectivity index (χ0n) is 13.4. The lowest BCUT2D eigenvalue weighted by atomic mass is 9.95. The van der Waals surface area contributed by atoms with Crippen molar-refractivity contribution in [3.8, 4) is 0 Å². The van der Waals surface area contributed by atoms with Crippen LogP contribution in [0.2, 0.25) is 0 Å². The molecule has 0 saturated carbocycles. The van der Waals surface area contributed by atoms with Gasteiger partial charge in [-0.1, -0.05) is 27.7 Å². The second-order valence-electron chi connectivity index (χ2n) is 6.23. The Hall–Kier alpha value is -1.62. The minimum atomic E-state index is -0.115. The van der Waals surface area contributed by atoms with Crippen LogP contribution >= 0.6 is 11.3 Å². The van der Waals surface area contributed by atoms with Gasteiger partial charge < -0.3 is 11.1 Å². The summed E-state index contributed by atoms with van der Waals surface area (Å²) >= 11 is 1.78. The maximum Gasteiger partial charge on any atom is 0.138 e. The van der Waals surface area contributed by atoms with Gasteiger partial charge in [-0.3, -0.25) is 0 Å². The van der Waals surface area contributed by atoms with Crippen molar-refractivity contribution in [1.29, 1.82) is 0 Å². The van der Waals surface area contributed by atoms with Crippen molar-refractivity contribution in [2.24, 2.45) is 0 Å². The highest BCUT2D eigenvalue weighted by molar-refractivity contribution is 7.10. The standard InChI is InChI=1S/C16H24N4S/c1-6-11-7-8-21-12(11)9-18-14-10(2)13(17)19-15(20-14)16(3,4)5/h7-8H,6,9H2,1-5H3,(H3,17,18,19,20). The molecule has 0 spiro atoms. The molecule has 114 valence electrons. The number of nitrogen functional groups attached to an aromatic ring is 1. The summed E-state index contributed by atoms with van der Waals surface area (Å²) in [4.78, 5) is 10.4. The summed E-state index contributed by atoms with van der Waals surface area (Å²) in [6.45, 7) is 11.2. The lowest BCUT2D eigenvalue weighted by Crippen LogP contribution is -2.19. The van der Waals surface area contributed by atoms with Crippen LogP contribution < -0.4 is 11.1 Å². The Morgan fingerprint density at radius 3 is 2.62 bits per heavy atom. The van der Waals surface area contributed by atoms with E-state index in [9.17, 15) is 0 Å². The third-order valence-electron chi connectivity index (χ3n) is 3.49. The molecular formula is C16H24N4S. The van der Waals surface area contributed by atoms with Crippen molar-refractivity contribution in [2.45, 2.75) is 53.0 Å². The number of nitrogens with two attached hydrogens (primary N) is 1. The van der Waals surface area contributed by atoms with Crippen LogP contribution in [0, 0.1) is 6.92 Å². The minimum Gasteiger partial charge on any atom is -0.383 e. The molecule has 4 nitrogen and oxygen atoms in total. The minimum absolute atomic E-state index is 0.115. The number of anilines is 2. The first-order valence-corrected chi connectivity index (χ1v) is 8.14. The lowest BCUT2D eigenvalue weighted by molar-refractivity contribution is 0.546. The van der Waals surface area contributed by atoms with Gasteiger partial charge in [0.2, 0.25) is 0 Å². The van der Waals surface area contributed by atoms with Crippen molar-refractivity contribution in [2.75, 3.05) is 11.1 Å². The van der Waals surface area contributed by atoms with Gasteiger partial charge in [0.15, 0.2) is 0 Å². The highest BCUT2D eigenvalue weighted by Crippen LogP contribution is 2.26. The number of nitrogens with one attached hydrogen (secondary N) is 1. The van der Waals surface area contributed by atoms with E-state index in [1.165, 1.54) is 10.4 Å². The summed E-state index contributed by atoms with van der Waals surface area (Å²) in [6, 6.07) is 2.18. The van der Waals surface area contributed by atoms with Gasteiger partial charge in [-0.2, -0.15) is 0 Å². The molecule has 0 fully saturated rings. The van der Waals surface area contributed by atoms with Crippen LogP contribution in [-0.2, 0) is 18.4 Å². The number of hydrogen-bond donors (Lipinski definition) is 2. The van der Waals surface area contributed by atoms with E-state index < -0.39 is 0 Å². The van der Waals surface area contributed by atoms with E-state index in [0.717, 1.165) is 30.2 Å². The molecule has 0 atom stereocenters. The fourth-order valence-electron chi connectivity index (χ4n) is 2.04. The van der Waals surface area contributed by atoms with Crippen LogP contribution in [0.1, 0.15) is 49.5 Å². The van der Waals surface area contributed by atoms with Crippen LogP contribution in [0.5, 0.6) is 0 Å². The van der Waals surface area contributed by atoms with Gasteiger partial charge in [-0.15, -0.1) is 11.3 Å². The maximum atomic E-state index is 6.03. The fraction of sp³-hybridized carbons (Fsp3) is 0.500. The molecule has 0 amide bonds. The van der Waals surface area contributed by atoms with Gasteiger partial charge in [0.05, 0.1) is 6.54 Å². The van der Waals surface area contributed by atoms with E-state index in [2.05, 4.69) is 54.4 Å². The molecule has 0 aliphatic heterocycles. The van der Waals surface area contributed by atoms with Crippen LogP contribution in [0.4, 0.5) is 11.6 Å². The normalized spacial score (nSPS) is 11.7. The van der Waals surface area contributed by atoms with Crippen molar-refractivity contribution in [1.82, 2.24) is 9.97 Å². The van der Waals surface area contributed by atoms with Gasteiger partial charge in [-0.25, -0.2) is 9.97 Å². The molecule has 0 bridgehead atoms. The number of hydrogen-bond acceptors (Lipinski definition) is 5. The zero-order valence-corrected chi connectivity index (χ0v) is 14.3. The molecule has 0 saturated heterocycles.